The molecule has 0 spiro atoms. The van der Waals surface area contributed by atoms with Crippen molar-refractivity contribution in [3.63, 3.8) is 0 Å². The molecule has 0 atom stereocenters. The van der Waals surface area contributed by atoms with E-state index in [9.17, 15) is 0 Å². The number of anilines is 12. The van der Waals surface area contributed by atoms with Crippen molar-refractivity contribution in [1.29, 1.82) is 0 Å². The number of rotatable bonds is 9. The second-order valence-electron chi connectivity index (χ2n) is 21.4. The molecule has 0 fully saturated rings. The Labute approximate surface area is 458 Å². The summed E-state index contributed by atoms with van der Waals surface area (Å²) in [5.74, 6) is 0. The zero-order valence-electron chi connectivity index (χ0n) is 44.9. The largest absolute Gasteiger partial charge is 0.311 e. The van der Waals surface area contributed by atoms with Gasteiger partial charge in [-0.3, -0.25) is 0 Å². The molecule has 0 radical (unpaired) electrons. The van der Waals surface area contributed by atoms with Crippen molar-refractivity contribution in [2.75, 3.05) is 19.6 Å². The van der Waals surface area contributed by atoms with E-state index in [0.717, 1.165) is 61.6 Å². The molecule has 78 heavy (non-hydrogen) atoms. The molecule has 0 saturated carbocycles. The van der Waals surface area contributed by atoms with Gasteiger partial charge in [0.25, 0.3) is 6.71 Å². The van der Waals surface area contributed by atoms with Crippen LogP contribution in [0.4, 0.5) is 68.2 Å². The van der Waals surface area contributed by atoms with E-state index in [-0.39, 0.29) is 6.71 Å². The van der Waals surface area contributed by atoms with Crippen molar-refractivity contribution in [1.82, 2.24) is 4.57 Å². The molecule has 2 aliphatic rings. The number of hydrogen-bond donors (Lipinski definition) is 0. The highest BCUT2D eigenvalue weighted by atomic mass is 15.2. The van der Waals surface area contributed by atoms with Crippen LogP contribution in [0.5, 0.6) is 0 Å². The molecule has 6 heteroatoms. The lowest BCUT2D eigenvalue weighted by Crippen LogP contribution is -2.61. The highest BCUT2D eigenvalue weighted by molar-refractivity contribution is 7.00. The molecule has 1 aromatic heterocycles. The fourth-order valence-corrected chi connectivity index (χ4v) is 13.3. The average Bonchev–Trinajstić information content (AvgIpc) is 3.82. The molecular weight excluding hydrogens is 946 g/mol. The number of benzene rings is 11. The fraction of sp³-hybridized carbons (Fsp3) is 0.0833. The van der Waals surface area contributed by atoms with Gasteiger partial charge in [-0.15, -0.1) is 0 Å². The van der Waals surface area contributed by atoms with Crippen LogP contribution in [0.15, 0.2) is 243 Å². The predicted octanol–water partition coefficient (Wildman–Crippen LogP) is 17.7. The third-order valence-electron chi connectivity index (χ3n) is 16.2. The van der Waals surface area contributed by atoms with Gasteiger partial charge in [0, 0.05) is 67.6 Å². The third-order valence-corrected chi connectivity index (χ3v) is 16.2. The van der Waals surface area contributed by atoms with Gasteiger partial charge in [0.2, 0.25) is 0 Å². The molecule has 3 heterocycles. The lowest BCUT2D eigenvalue weighted by molar-refractivity contribution is 1.14. The summed E-state index contributed by atoms with van der Waals surface area (Å²) in [4.78, 5) is 9.94. The monoisotopic (exact) mass is 1000 g/mol. The molecule has 0 bridgehead atoms. The van der Waals surface area contributed by atoms with Crippen molar-refractivity contribution in [2.24, 2.45) is 0 Å². The van der Waals surface area contributed by atoms with E-state index in [1.807, 2.05) is 0 Å². The molecule has 0 aliphatic carbocycles. The van der Waals surface area contributed by atoms with Gasteiger partial charge in [0.1, 0.15) is 0 Å². The first-order valence-electron chi connectivity index (χ1n) is 27.2. The summed E-state index contributed by atoms with van der Waals surface area (Å²) in [6, 6.07) is 89.8. The summed E-state index contributed by atoms with van der Waals surface area (Å²) >= 11 is 0. The van der Waals surface area contributed by atoms with Crippen molar-refractivity contribution in [3.8, 4) is 5.69 Å². The van der Waals surface area contributed by atoms with E-state index < -0.39 is 0 Å². The Morgan fingerprint density at radius 3 is 1.00 bits per heavy atom. The molecule has 0 N–H and O–H groups in total. The van der Waals surface area contributed by atoms with Crippen LogP contribution in [0, 0.1) is 41.5 Å². The quantitative estimate of drug-likeness (QED) is 0.134. The number of fused-ring (bicyclic) bond motifs is 7. The molecule has 14 rings (SSSR count). The van der Waals surface area contributed by atoms with Gasteiger partial charge in [0.05, 0.1) is 28.1 Å². The summed E-state index contributed by atoms with van der Waals surface area (Å²) < 4.78 is 2.54. The fourth-order valence-electron chi connectivity index (χ4n) is 13.3. The molecule has 5 nitrogen and oxygen atoms in total. The van der Waals surface area contributed by atoms with Gasteiger partial charge in [-0.25, -0.2) is 0 Å². The number of hydrogen-bond acceptors (Lipinski definition) is 4. The minimum atomic E-state index is -0.00625. The van der Waals surface area contributed by atoms with Gasteiger partial charge in [-0.2, -0.15) is 0 Å². The molecule has 0 unspecified atom stereocenters. The minimum Gasteiger partial charge on any atom is -0.311 e. The Hall–Kier alpha value is -9.52. The van der Waals surface area contributed by atoms with E-state index in [0.29, 0.717) is 0 Å². The summed E-state index contributed by atoms with van der Waals surface area (Å²) in [5.41, 5.74) is 28.6. The van der Waals surface area contributed by atoms with Crippen molar-refractivity contribution in [2.45, 2.75) is 41.5 Å². The molecule has 2 aliphatic heterocycles. The van der Waals surface area contributed by atoms with Crippen molar-refractivity contribution in [3.05, 3.63) is 276 Å². The summed E-state index contributed by atoms with van der Waals surface area (Å²) in [5, 5.41) is 2.32. The van der Waals surface area contributed by atoms with E-state index in [1.54, 1.807) is 0 Å². The number of aryl methyl sites for hydroxylation is 6. The lowest BCUT2D eigenvalue weighted by atomic mass is 9.33. The van der Waals surface area contributed by atoms with Crippen molar-refractivity contribution < 1.29 is 0 Å². The Bertz CT molecular complexity index is 3910. The number of aromatic nitrogens is 1. The van der Waals surface area contributed by atoms with Gasteiger partial charge in [0.15, 0.2) is 0 Å². The van der Waals surface area contributed by atoms with Crippen molar-refractivity contribution >= 4 is 113 Å². The lowest BCUT2D eigenvalue weighted by Gasteiger charge is -2.45. The maximum atomic E-state index is 2.60. The zero-order valence-corrected chi connectivity index (χ0v) is 44.9. The topological polar surface area (TPSA) is 17.9 Å². The Morgan fingerprint density at radius 1 is 0.308 bits per heavy atom. The van der Waals surface area contributed by atoms with E-state index in [2.05, 4.69) is 308 Å². The minimum absolute atomic E-state index is 0.00625. The van der Waals surface area contributed by atoms with E-state index in [4.69, 9.17) is 0 Å². The smallest absolute Gasteiger partial charge is 0.252 e. The SMILES string of the molecule is Cc1cc(C)c(N2c3ccccc3B3c4ccccc4N(c4c(C)cc(C)cc4C)c4cc(-n5c6ccc(N(c7ccccc7)c7ccccc7)cc6c6cc(N(c7ccccc7)c7ccccc7)ccc65)cc2c43)c(C)c1. The van der Waals surface area contributed by atoms with Crippen LogP contribution in [0.3, 0.4) is 0 Å². The number of nitrogens with zero attached hydrogens (tertiary/aromatic N) is 5. The molecule has 0 amide bonds. The highest BCUT2D eigenvalue weighted by Gasteiger charge is 2.44. The van der Waals surface area contributed by atoms with Crippen LogP contribution in [-0.2, 0) is 0 Å². The molecule has 374 valence electrons. The maximum absolute atomic E-state index is 2.60. The highest BCUT2D eigenvalue weighted by Crippen LogP contribution is 2.50. The molecule has 11 aromatic carbocycles. The van der Waals surface area contributed by atoms with Crippen LogP contribution < -0.4 is 36.0 Å². The first-order valence-corrected chi connectivity index (χ1v) is 27.2. The molecular formula is C72H58BN5. The standard InChI is InChI=1S/C72H58BN5/c1-47-39-49(3)71(50(4)40-47)77-66-33-21-19-31-62(66)73-63-32-20-22-34-67(63)78(72-51(5)41-48(2)42-52(72)6)69-46-59(45-68(77)70(69)73)76-64-37-35-57(74(53-23-11-7-12-24-53)54-25-13-8-14-26-54)43-60(64)61-44-58(36-38-65(61)76)75(55-27-15-9-16-28-55)56-29-17-10-18-30-56/h7-46H,1-6H3. The van der Waals surface area contributed by atoms with Gasteiger partial charge >= 0.3 is 0 Å². The average molecular weight is 1000 g/mol. The molecule has 0 saturated heterocycles. The summed E-state index contributed by atoms with van der Waals surface area (Å²) in [6.45, 7) is 13.6. The molecule has 12 aromatic rings. The van der Waals surface area contributed by atoms with Crippen LogP contribution in [0.2, 0.25) is 0 Å². The van der Waals surface area contributed by atoms with Crippen LogP contribution in [-0.4, -0.2) is 11.3 Å². The predicted molar refractivity (Wildman–Crippen MR) is 333 cm³/mol. The Kier molecular flexibility index (Phi) is 11.2. The first-order chi connectivity index (χ1) is 38.2. The van der Waals surface area contributed by atoms with Gasteiger partial charge < -0.3 is 24.2 Å². The van der Waals surface area contributed by atoms with Crippen LogP contribution in [0.1, 0.15) is 33.4 Å². The summed E-state index contributed by atoms with van der Waals surface area (Å²) in [7, 11) is 0. The maximum Gasteiger partial charge on any atom is 0.252 e. The van der Waals surface area contributed by atoms with E-state index in [1.165, 1.54) is 83.9 Å². The number of para-hydroxylation sites is 6. The zero-order chi connectivity index (χ0) is 52.8. The van der Waals surface area contributed by atoms with Crippen LogP contribution in [0.25, 0.3) is 27.5 Å². The Morgan fingerprint density at radius 2 is 0.641 bits per heavy atom. The second-order valence-corrected chi connectivity index (χ2v) is 21.4. The second kappa shape index (κ2) is 18.6. The summed E-state index contributed by atoms with van der Waals surface area (Å²) in [6.07, 6.45) is 0. The van der Waals surface area contributed by atoms with E-state index >= 15 is 0 Å². The van der Waals surface area contributed by atoms with Gasteiger partial charge in [-0.1, -0.05) is 145 Å². The third kappa shape index (κ3) is 7.54. The first kappa shape index (κ1) is 47.0. The Balaban J connectivity index is 1.11. The van der Waals surface area contributed by atoms with Gasteiger partial charge in [-0.05, 0) is 189 Å². The van der Waals surface area contributed by atoms with Crippen LogP contribution >= 0.6 is 0 Å². The normalized spacial score (nSPS) is 12.4.